The van der Waals surface area contributed by atoms with Crippen LogP contribution >= 0.6 is 0 Å². The van der Waals surface area contributed by atoms with Crippen LogP contribution in [0, 0.1) is 11.6 Å². The molecule has 24 heavy (non-hydrogen) atoms. The Hall–Kier alpha value is -2.77. The Morgan fingerprint density at radius 1 is 1.25 bits per heavy atom. The Morgan fingerprint density at radius 3 is 3.08 bits per heavy atom. The number of fused-ring (bicyclic) bond motifs is 1. The van der Waals surface area contributed by atoms with Crippen molar-refractivity contribution in [1.82, 2.24) is 19.9 Å². The Bertz CT molecular complexity index is 869. The number of H-pyrrole nitrogens is 1. The lowest BCUT2D eigenvalue weighted by molar-refractivity contribution is 0.271. The molecule has 3 heterocycles. The van der Waals surface area contributed by atoms with Crippen molar-refractivity contribution in [2.75, 3.05) is 18.1 Å². The molecule has 1 N–H and O–H groups in total. The molecule has 1 fully saturated rings. The third-order valence-corrected chi connectivity index (χ3v) is 4.19. The molecule has 1 atom stereocenters. The van der Waals surface area contributed by atoms with Crippen LogP contribution in [0.3, 0.4) is 0 Å². The van der Waals surface area contributed by atoms with Gasteiger partial charge in [-0.1, -0.05) is 6.07 Å². The van der Waals surface area contributed by atoms with Crippen LogP contribution in [-0.2, 0) is 0 Å². The first kappa shape index (κ1) is 14.8. The summed E-state index contributed by atoms with van der Waals surface area (Å²) in [6, 6.07) is 3.94. The summed E-state index contributed by atoms with van der Waals surface area (Å²) in [4.78, 5) is 17.8. The summed E-state index contributed by atoms with van der Waals surface area (Å²) < 4.78 is 32.5. The number of halogens is 2. The van der Waals surface area contributed by atoms with E-state index in [-0.39, 0.29) is 18.4 Å². The first-order chi connectivity index (χ1) is 11.7. The second-order valence-corrected chi connectivity index (χ2v) is 5.65. The minimum absolute atomic E-state index is 0.0162. The average molecular weight is 331 g/mol. The lowest BCUT2D eigenvalue weighted by atomic mass is 10.2. The molecular formula is C16H15F2N5O. The number of imidazole rings is 1. The van der Waals surface area contributed by atoms with Gasteiger partial charge in [0, 0.05) is 6.54 Å². The van der Waals surface area contributed by atoms with Crippen LogP contribution in [-0.4, -0.2) is 39.1 Å². The van der Waals surface area contributed by atoms with Gasteiger partial charge in [-0.2, -0.15) is 4.39 Å². The molecule has 1 aliphatic rings. The van der Waals surface area contributed by atoms with E-state index in [1.54, 1.807) is 6.33 Å². The first-order valence-electron chi connectivity index (χ1n) is 7.71. The molecule has 3 aromatic rings. The molecule has 0 amide bonds. The number of hydrogen-bond donors (Lipinski definition) is 1. The van der Waals surface area contributed by atoms with Crippen LogP contribution in [0.1, 0.15) is 12.8 Å². The second-order valence-electron chi connectivity index (χ2n) is 5.65. The third kappa shape index (κ3) is 2.53. The van der Waals surface area contributed by atoms with Crippen LogP contribution in [0.4, 0.5) is 14.6 Å². The molecule has 1 unspecified atom stereocenters. The zero-order valence-corrected chi connectivity index (χ0v) is 12.7. The summed E-state index contributed by atoms with van der Waals surface area (Å²) in [5, 5.41) is 0. The summed E-state index contributed by atoms with van der Waals surface area (Å²) in [5.74, 6) is -1.22. The van der Waals surface area contributed by atoms with E-state index in [1.165, 1.54) is 18.5 Å². The van der Waals surface area contributed by atoms with Gasteiger partial charge < -0.3 is 14.6 Å². The third-order valence-electron chi connectivity index (χ3n) is 4.19. The van der Waals surface area contributed by atoms with E-state index in [4.69, 9.17) is 4.74 Å². The normalized spacial score (nSPS) is 17.6. The van der Waals surface area contributed by atoms with Crippen molar-refractivity contribution in [3.05, 3.63) is 42.5 Å². The number of aromatic amines is 1. The zero-order chi connectivity index (χ0) is 16.5. The molecular weight excluding hydrogens is 316 g/mol. The number of aromatic nitrogens is 4. The molecule has 0 bridgehead atoms. The van der Waals surface area contributed by atoms with Crippen molar-refractivity contribution < 1.29 is 13.5 Å². The van der Waals surface area contributed by atoms with Gasteiger partial charge in [0.05, 0.1) is 12.4 Å². The van der Waals surface area contributed by atoms with Crippen molar-refractivity contribution in [1.29, 1.82) is 0 Å². The Balaban J connectivity index is 1.55. The maximum absolute atomic E-state index is 13.7. The van der Waals surface area contributed by atoms with E-state index in [0.29, 0.717) is 11.2 Å². The molecule has 0 spiro atoms. The second kappa shape index (κ2) is 6.03. The van der Waals surface area contributed by atoms with E-state index in [9.17, 15) is 8.78 Å². The largest absolute Gasteiger partial charge is 0.488 e. The molecule has 1 saturated heterocycles. The summed E-state index contributed by atoms with van der Waals surface area (Å²) in [5.41, 5.74) is 1.36. The maximum atomic E-state index is 13.7. The molecule has 0 aliphatic carbocycles. The SMILES string of the molecule is Fc1cccc(OCC2CCCN2c2ncnc3[nH]cnc23)c1F. The van der Waals surface area contributed by atoms with Crippen LogP contribution < -0.4 is 9.64 Å². The monoisotopic (exact) mass is 331 g/mol. The highest BCUT2D eigenvalue weighted by molar-refractivity contribution is 5.82. The average Bonchev–Trinajstić information content (AvgIpc) is 3.24. The predicted molar refractivity (Wildman–Crippen MR) is 83.9 cm³/mol. The van der Waals surface area contributed by atoms with Gasteiger partial charge in [0.1, 0.15) is 18.5 Å². The van der Waals surface area contributed by atoms with Gasteiger partial charge in [0.15, 0.2) is 23.0 Å². The summed E-state index contributed by atoms with van der Waals surface area (Å²) >= 11 is 0. The van der Waals surface area contributed by atoms with Crippen molar-refractivity contribution >= 4 is 17.0 Å². The van der Waals surface area contributed by atoms with Gasteiger partial charge in [-0.05, 0) is 25.0 Å². The molecule has 0 saturated carbocycles. The number of anilines is 1. The minimum atomic E-state index is -0.959. The van der Waals surface area contributed by atoms with Crippen molar-refractivity contribution in [3.8, 4) is 5.75 Å². The molecule has 2 aromatic heterocycles. The van der Waals surface area contributed by atoms with Gasteiger partial charge in [-0.15, -0.1) is 0 Å². The topological polar surface area (TPSA) is 66.9 Å². The van der Waals surface area contributed by atoms with Crippen LogP contribution in [0.2, 0.25) is 0 Å². The quantitative estimate of drug-likeness (QED) is 0.796. The standard InChI is InChI=1S/C16H15F2N5O/c17-11-4-1-5-12(13(11)18)24-7-10-3-2-6-23(10)16-14-15(20-8-19-14)21-9-22-16/h1,4-5,8-10H,2-3,6-7H2,(H,19,20,21,22). The van der Waals surface area contributed by atoms with E-state index in [1.807, 2.05) is 0 Å². The van der Waals surface area contributed by atoms with E-state index in [0.717, 1.165) is 31.3 Å². The zero-order valence-electron chi connectivity index (χ0n) is 12.7. The fraction of sp³-hybridized carbons (Fsp3) is 0.312. The highest BCUT2D eigenvalue weighted by atomic mass is 19.2. The minimum Gasteiger partial charge on any atom is -0.488 e. The van der Waals surface area contributed by atoms with Crippen molar-refractivity contribution in [2.24, 2.45) is 0 Å². The smallest absolute Gasteiger partial charge is 0.200 e. The fourth-order valence-electron chi connectivity index (χ4n) is 3.03. The van der Waals surface area contributed by atoms with Gasteiger partial charge >= 0.3 is 0 Å². The van der Waals surface area contributed by atoms with E-state index < -0.39 is 11.6 Å². The number of hydrogen-bond acceptors (Lipinski definition) is 5. The number of nitrogens with zero attached hydrogens (tertiary/aromatic N) is 4. The van der Waals surface area contributed by atoms with E-state index >= 15 is 0 Å². The number of benzene rings is 1. The van der Waals surface area contributed by atoms with E-state index in [2.05, 4.69) is 24.8 Å². The summed E-state index contributed by atoms with van der Waals surface area (Å²) in [6.07, 6.45) is 4.91. The van der Waals surface area contributed by atoms with Crippen molar-refractivity contribution in [2.45, 2.75) is 18.9 Å². The Morgan fingerprint density at radius 2 is 2.17 bits per heavy atom. The first-order valence-corrected chi connectivity index (χ1v) is 7.71. The summed E-state index contributed by atoms with van der Waals surface area (Å²) in [7, 11) is 0. The predicted octanol–water partition coefficient (Wildman–Crippen LogP) is 2.68. The van der Waals surface area contributed by atoms with Crippen molar-refractivity contribution in [3.63, 3.8) is 0 Å². The molecule has 4 rings (SSSR count). The Labute approximate surface area is 136 Å². The molecule has 8 heteroatoms. The Kier molecular flexibility index (Phi) is 3.72. The van der Waals surface area contributed by atoms with Gasteiger partial charge in [-0.25, -0.2) is 19.3 Å². The highest BCUT2D eigenvalue weighted by Gasteiger charge is 2.28. The lowest BCUT2D eigenvalue weighted by Gasteiger charge is -2.25. The fourth-order valence-corrected chi connectivity index (χ4v) is 3.03. The molecule has 1 aromatic carbocycles. The number of rotatable bonds is 4. The van der Waals surface area contributed by atoms with Gasteiger partial charge in [0.2, 0.25) is 5.82 Å². The van der Waals surface area contributed by atoms with Crippen LogP contribution in [0.25, 0.3) is 11.2 Å². The molecule has 1 aliphatic heterocycles. The highest BCUT2D eigenvalue weighted by Crippen LogP contribution is 2.29. The maximum Gasteiger partial charge on any atom is 0.200 e. The number of nitrogens with one attached hydrogen (secondary N) is 1. The van der Waals surface area contributed by atoms with Gasteiger partial charge in [-0.3, -0.25) is 0 Å². The van der Waals surface area contributed by atoms with Crippen LogP contribution in [0.15, 0.2) is 30.9 Å². The summed E-state index contributed by atoms with van der Waals surface area (Å²) in [6.45, 7) is 1.05. The molecule has 124 valence electrons. The lowest BCUT2D eigenvalue weighted by Crippen LogP contribution is -2.35. The van der Waals surface area contributed by atoms with Crippen LogP contribution in [0.5, 0.6) is 5.75 Å². The number of ether oxygens (including phenoxy) is 1. The van der Waals surface area contributed by atoms with Gasteiger partial charge in [0.25, 0.3) is 0 Å². The molecule has 6 nitrogen and oxygen atoms in total. The molecule has 0 radical (unpaired) electrons.